The fraction of sp³-hybridized carbons (Fsp3) is 0.360. The molecule has 1 aliphatic carbocycles. The molecule has 1 atom stereocenters. The maximum Gasteiger partial charge on any atom is 0.264 e. The second-order valence-corrected chi connectivity index (χ2v) is 10.2. The van der Waals surface area contributed by atoms with Crippen molar-refractivity contribution in [2.75, 3.05) is 26.8 Å². The monoisotopic (exact) mass is 482 g/mol. The first kappa shape index (κ1) is 22.0. The molecule has 33 heavy (non-hydrogen) atoms. The van der Waals surface area contributed by atoms with Gasteiger partial charge in [-0.1, -0.05) is 12.1 Å². The molecule has 2 aliphatic rings. The van der Waals surface area contributed by atoms with Gasteiger partial charge in [-0.15, -0.1) is 22.7 Å². The Morgan fingerprint density at radius 3 is 2.70 bits per heavy atom. The van der Waals surface area contributed by atoms with Gasteiger partial charge in [-0.3, -0.25) is 9.59 Å². The molecule has 0 saturated heterocycles. The summed E-state index contributed by atoms with van der Waals surface area (Å²) < 4.78 is 11.4. The summed E-state index contributed by atoms with van der Waals surface area (Å²) in [5.74, 6) is 1.37. The van der Waals surface area contributed by atoms with Gasteiger partial charge in [-0.25, -0.2) is 0 Å². The summed E-state index contributed by atoms with van der Waals surface area (Å²) in [4.78, 5) is 32.2. The zero-order chi connectivity index (χ0) is 22.8. The fourth-order valence-electron chi connectivity index (χ4n) is 4.27. The lowest BCUT2D eigenvalue weighted by atomic mass is 10.0. The normalized spacial score (nSPS) is 17.4. The lowest BCUT2D eigenvalue weighted by molar-refractivity contribution is -0.135. The standard InChI is InChI=1S/C25H26N2O4S2/c1-30-18-4-2-5-19(14-18)31-16-21-20-10-13-33-22(20)9-11-26(21)24(28)15-27(17-7-8-17)25(29)23-6-3-12-32-23/h2-6,10,12-14,17,21H,7-9,11,15-16H2,1H3/t21-/m0/s1. The van der Waals surface area contributed by atoms with E-state index in [4.69, 9.17) is 9.47 Å². The van der Waals surface area contributed by atoms with Gasteiger partial charge >= 0.3 is 0 Å². The van der Waals surface area contributed by atoms with E-state index < -0.39 is 0 Å². The Hall–Kier alpha value is -2.84. The van der Waals surface area contributed by atoms with E-state index in [1.165, 1.54) is 16.2 Å². The largest absolute Gasteiger partial charge is 0.497 e. The van der Waals surface area contributed by atoms with Crippen LogP contribution in [0, 0.1) is 0 Å². The Balaban J connectivity index is 1.33. The molecule has 6 nitrogen and oxygen atoms in total. The summed E-state index contributed by atoms with van der Waals surface area (Å²) in [5, 5.41) is 3.98. The summed E-state index contributed by atoms with van der Waals surface area (Å²) in [6, 6.07) is 13.3. The third-order valence-electron chi connectivity index (χ3n) is 6.15. The Labute approximate surface area is 201 Å². The zero-order valence-corrected chi connectivity index (χ0v) is 20.1. The van der Waals surface area contributed by atoms with Crippen LogP contribution < -0.4 is 9.47 Å². The molecule has 0 bridgehead atoms. The highest BCUT2D eigenvalue weighted by Crippen LogP contribution is 2.35. The second-order valence-electron chi connectivity index (χ2n) is 8.28. The summed E-state index contributed by atoms with van der Waals surface area (Å²) in [5.41, 5.74) is 1.14. The van der Waals surface area contributed by atoms with Crippen LogP contribution in [0.5, 0.6) is 11.5 Å². The molecule has 0 unspecified atom stereocenters. The van der Waals surface area contributed by atoms with Crippen molar-refractivity contribution < 1.29 is 19.1 Å². The van der Waals surface area contributed by atoms with E-state index in [-0.39, 0.29) is 30.4 Å². The SMILES string of the molecule is COc1cccc(OC[C@H]2c3ccsc3CCN2C(=O)CN(C(=O)c2cccs2)C2CC2)c1. The molecule has 1 aromatic carbocycles. The molecule has 8 heteroatoms. The number of nitrogens with zero attached hydrogens (tertiary/aromatic N) is 2. The summed E-state index contributed by atoms with van der Waals surface area (Å²) in [6.45, 7) is 1.09. The Morgan fingerprint density at radius 2 is 1.94 bits per heavy atom. The average molecular weight is 483 g/mol. The number of hydrogen-bond acceptors (Lipinski definition) is 6. The fourth-order valence-corrected chi connectivity index (χ4v) is 5.88. The van der Waals surface area contributed by atoms with Gasteiger partial charge in [0, 0.05) is 23.5 Å². The maximum absolute atomic E-state index is 13.5. The van der Waals surface area contributed by atoms with Gasteiger partial charge in [0.05, 0.1) is 18.0 Å². The van der Waals surface area contributed by atoms with Crippen molar-refractivity contribution in [1.29, 1.82) is 0 Å². The van der Waals surface area contributed by atoms with Crippen molar-refractivity contribution in [3.8, 4) is 11.5 Å². The molecule has 1 fully saturated rings. The van der Waals surface area contributed by atoms with Gasteiger partial charge in [0.2, 0.25) is 5.91 Å². The van der Waals surface area contributed by atoms with Crippen molar-refractivity contribution in [2.24, 2.45) is 0 Å². The number of methoxy groups -OCH3 is 1. The highest BCUT2D eigenvalue weighted by atomic mass is 32.1. The van der Waals surface area contributed by atoms with Crippen LogP contribution in [0.2, 0.25) is 0 Å². The molecule has 172 valence electrons. The van der Waals surface area contributed by atoms with Crippen LogP contribution in [-0.4, -0.2) is 54.5 Å². The Morgan fingerprint density at radius 1 is 1.09 bits per heavy atom. The van der Waals surface area contributed by atoms with Gasteiger partial charge in [0.25, 0.3) is 5.91 Å². The highest BCUT2D eigenvalue weighted by molar-refractivity contribution is 7.12. The van der Waals surface area contributed by atoms with E-state index in [1.807, 2.05) is 46.7 Å². The molecule has 1 aliphatic heterocycles. The van der Waals surface area contributed by atoms with E-state index in [2.05, 4.69) is 11.4 Å². The molecule has 0 radical (unpaired) electrons. The highest BCUT2D eigenvalue weighted by Gasteiger charge is 2.38. The third kappa shape index (κ3) is 4.77. The predicted molar refractivity (Wildman–Crippen MR) is 129 cm³/mol. The molecule has 3 heterocycles. The van der Waals surface area contributed by atoms with E-state index in [1.54, 1.807) is 23.3 Å². The van der Waals surface area contributed by atoms with Gasteiger partial charge in [0.15, 0.2) is 0 Å². The smallest absolute Gasteiger partial charge is 0.264 e. The lowest BCUT2D eigenvalue weighted by Crippen LogP contribution is -2.48. The van der Waals surface area contributed by atoms with Crippen molar-refractivity contribution in [2.45, 2.75) is 31.3 Å². The number of amides is 2. The van der Waals surface area contributed by atoms with Gasteiger partial charge < -0.3 is 19.3 Å². The molecular weight excluding hydrogens is 456 g/mol. The van der Waals surface area contributed by atoms with Gasteiger partial charge in [-0.05, 0) is 59.9 Å². The minimum atomic E-state index is -0.184. The average Bonchev–Trinajstić information content (AvgIpc) is 3.32. The number of rotatable bonds is 8. The third-order valence-corrected chi connectivity index (χ3v) is 8.00. The second kappa shape index (κ2) is 9.57. The first-order chi connectivity index (χ1) is 16.1. The minimum absolute atomic E-state index is 0.0251. The number of ether oxygens (including phenoxy) is 2. The molecule has 3 aromatic rings. The molecule has 2 amide bonds. The number of thiophene rings is 2. The Kier molecular flexibility index (Phi) is 6.37. The van der Waals surface area contributed by atoms with E-state index in [0.29, 0.717) is 23.8 Å². The van der Waals surface area contributed by atoms with Crippen molar-refractivity contribution in [3.63, 3.8) is 0 Å². The van der Waals surface area contributed by atoms with Crippen LogP contribution in [0.4, 0.5) is 0 Å². The van der Waals surface area contributed by atoms with Crippen molar-refractivity contribution in [3.05, 3.63) is 68.5 Å². The summed E-state index contributed by atoms with van der Waals surface area (Å²) in [7, 11) is 1.63. The van der Waals surface area contributed by atoms with Gasteiger partial charge in [-0.2, -0.15) is 0 Å². The molecule has 1 saturated carbocycles. The van der Waals surface area contributed by atoms with Crippen molar-refractivity contribution >= 4 is 34.5 Å². The van der Waals surface area contributed by atoms with Crippen LogP contribution in [0.25, 0.3) is 0 Å². The number of fused-ring (bicyclic) bond motifs is 1. The Bertz CT molecular complexity index is 1120. The van der Waals surface area contributed by atoms with Crippen LogP contribution in [0.1, 0.15) is 39.0 Å². The lowest BCUT2D eigenvalue weighted by Gasteiger charge is -2.37. The first-order valence-electron chi connectivity index (χ1n) is 11.1. The zero-order valence-electron chi connectivity index (χ0n) is 18.4. The van der Waals surface area contributed by atoms with E-state index in [9.17, 15) is 9.59 Å². The molecule has 0 spiro atoms. The van der Waals surface area contributed by atoms with Crippen LogP contribution >= 0.6 is 22.7 Å². The number of carbonyl (C=O) groups is 2. The quantitative estimate of drug-likeness (QED) is 0.470. The van der Waals surface area contributed by atoms with E-state index >= 15 is 0 Å². The molecule has 0 N–H and O–H groups in total. The predicted octanol–water partition coefficient (Wildman–Crippen LogP) is 4.63. The van der Waals surface area contributed by atoms with Crippen molar-refractivity contribution in [1.82, 2.24) is 9.80 Å². The maximum atomic E-state index is 13.5. The minimum Gasteiger partial charge on any atom is -0.497 e. The number of hydrogen-bond donors (Lipinski definition) is 0. The van der Waals surface area contributed by atoms with E-state index in [0.717, 1.165) is 30.6 Å². The van der Waals surface area contributed by atoms with Crippen LogP contribution in [0.15, 0.2) is 53.2 Å². The van der Waals surface area contributed by atoms with Crippen LogP contribution in [0.3, 0.4) is 0 Å². The van der Waals surface area contributed by atoms with Gasteiger partial charge in [0.1, 0.15) is 24.7 Å². The molecular formula is C25H26N2O4S2. The summed E-state index contributed by atoms with van der Waals surface area (Å²) >= 11 is 3.15. The first-order valence-corrected chi connectivity index (χ1v) is 12.9. The number of benzene rings is 1. The molecule has 5 rings (SSSR count). The molecule has 2 aromatic heterocycles. The number of carbonyl (C=O) groups excluding carboxylic acids is 2. The summed E-state index contributed by atoms with van der Waals surface area (Å²) in [6.07, 6.45) is 2.75. The van der Waals surface area contributed by atoms with Crippen LogP contribution in [-0.2, 0) is 11.2 Å². The topological polar surface area (TPSA) is 59.1 Å².